The average Bonchev–Trinajstić information content (AvgIpc) is 3.33. The summed E-state index contributed by atoms with van der Waals surface area (Å²) in [4.78, 5) is 18.1. The van der Waals surface area contributed by atoms with Gasteiger partial charge in [-0.25, -0.2) is 13.1 Å². The third-order valence-corrected chi connectivity index (χ3v) is 5.53. The fraction of sp³-hybridized carbons (Fsp3) is 0.438. The highest BCUT2D eigenvalue weighted by Gasteiger charge is 2.21. The van der Waals surface area contributed by atoms with Crippen LogP contribution in [0, 0.1) is 0 Å². The second-order valence-electron chi connectivity index (χ2n) is 5.94. The predicted octanol–water partition coefficient (Wildman–Crippen LogP) is 0.319. The van der Waals surface area contributed by atoms with Crippen LogP contribution in [0.4, 0.5) is 0 Å². The first kappa shape index (κ1) is 18.5. The van der Waals surface area contributed by atoms with E-state index in [4.69, 9.17) is 9.63 Å². The molecule has 0 atom stereocenters. The lowest BCUT2D eigenvalue weighted by atomic mass is 10.2. The number of aromatic nitrogens is 2. The van der Waals surface area contributed by atoms with E-state index in [1.165, 1.54) is 12.1 Å². The molecule has 140 valence electrons. The van der Waals surface area contributed by atoms with Crippen molar-refractivity contribution in [1.29, 1.82) is 0 Å². The third-order valence-electron chi connectivity index (χ3n) is 4.07. The van der Waals surface area contributed by atoms with Crippen molar-refractivity contribution >= 4 is 15.9 Å². The molecular formula is C16H20N4O5S. The zero-order valence-corrected chi connectivity index (χ0v) is 14.9. The Bertz CT molecular complexity index is 874. The van der Waals surface area contributed by atoms with E-state index in [1.54, 1.807) is 17.0 Å². The molecule has 1 aliphatic rings. The molecule has 3 rings (SSSR count). The number of rotatable bonds is 7. The Labute approximate surface area is 151 Å². The molecule has 1 amide bonds. The van der Waals surface area contributed by atoms with E-state index in [0.717, 1.165) is 12.8 Å². The van der Waals surface area contributed by atoms with Crippen molar-refractivity contribution in [2.75, 3.05) is 19.6 Å². The van der Waals surface area contributed by atoms with Gasteiger partial charge in [0.05, 0.1) is 4.90 Å². The van der Waals surface area contributed by atoms with Crippen molar-refractivity contribution in [3.8, 4) is 0 Å². The topological polar surface area (TPSA) is 126 Å². The van der Waals surface area contributed by atoms with Crippen LogP contribution in [0.3, 0.4) is 0 Å². The number of aliphatic hydroxyl groups is 1. The molecule has 0 aliphatic carbocycles. The van der Waals surface area contributed by atoms with Crippen molar-refractivity contribution in [1.82, 2.24) is 19.8 Å². The van der Waals surface area contributed by atoms with E-state index < -0.39 is 10.0 Å². The summed E-state index contributed by atoms with van der Waals surface area (Å²) >= 11 is 0. The monoisotopic (exact) mass is 380 g/mol. The van der Waals surface area contributed by atoms with E-state index in [1.807, 2.05) is 0 Å². The highest BCUT2D eigenvalue weighted by molar-refractivity contribution is 7.89. The summed E-state index contributed by atoms with van der Waals surface area (Å²) < 4.78 is 32.1. The van der Waals surface area contributed by atoms with Gasteiger partial charge in [-0.1, -0.05) is 11.2 Å². The highest BCUT2D eigenvalue weighted by atomic mass is 32.2. The van der Waals surface area contributed by atoms with Crippen LogP contribution in [0.1, 0.15) is 34.9 Å². The summed E-state index contributed by atoms with van der Waals surface area (Å²) in [6, 6.07) is 6.02. The standard InChI is InChI=1S/C16H20N4O5S/c21-11-15-18-14(19-25-15)6-7-17-26(23,24)13-5-3-4-12(10-13)16(22)20-8-1-2-9-20/h3-5,10,17,21H,1-2,6-9,11H2. The molecule has 0 saturated carbocycles. The number of carbonyl (C=O) groups excluding carboxylic acids is 1. The molecule has 1 aromatic carbocycles. The number of carbonyl (C=O) groups is 1. The van der Waals surface area contributed by atoms with E-state index in [0.29, 0.717) is 24.5 Å². The fourth-order valence-electron chi connectivity index (χ4n) is 2.74. The number of sulfonamides is 1. The third kappa shape index (κ3) is 4.26. The van der Waals surface area contributed by atoms with Crippen LogP contribution in [0.25, 0.3) is 0 Å². The predicted molar refractivity (Wildman–Crippen MR) is 90.7 cm³/mol. The molecule has 10 heteroatoms. The van der Waals surface area contributed by atoms with Crippen LogP contribution in [0.15, 0.2) is 33.7 Å². The first-order valence-electron chi connectivity index (χ1n) is 8.31. The van der Waals surface area contributed by atoms with Gasteiger partial charge in [-0.3, -0.25) is 4.79 Å². The number of likely N-dealkylation sites (tertiary alicyclic amines) is 1. The van der Waals surface area contributed by atoms with Crippen LogP contribution >= 0.6 is 0 Å². The van der Waals surface area contributed by atoms with E-state index >= 15 is 0 Å². The van der Waals surface area contributed by atoms with Gasteiger partial charge >= 0.3 is 0 Å². The molecule has 1 aromatic heterocycles. The molecule has 9 nitrogen and oxygen atoms in total. The van der Waals surface area contributed by atoms with Crippen molar-refractivity contribution in [2.24, 2.45) is 0 Å². The minimum absolute atomic E-state index is 0.0340. The Hall–Kier alpha value is -2.30. The molecule has 26 heavy (non-hydrogen) atoms. The Kier molecular flexibility index (Phi) is 5.64. The largest absolute Gasteiger partial charge is 0.387 e. The minimum Gasteiger partial charge on any atom is -0.387 e. The van der Waals surface area contributed by atoms with Gasteiger partial charge < -0.3 is 14.5 Å². The second kappa shape index (κ2) is 7.94. The van der Waals surface area contributed by atoms with Gasteiger partial charge in [-0.15, -0.1) is 0 Å². The molecule has 2 aromatic rings. The quantitative estimate of drug-likeness (QED) is 0.708. The molecule has 0 bridgehead atoms. The number of aliphatic hydroxyl groups excluding tert-OH is 1. The van der Waals surface area contributed by atoms with Gasteiger partial charge in [-0.2, -0.15) is 4.98 Å². The molecular weight excluding hydrogens is 360 g/mol. The maximum Gasteiger partial charge on any atom is 0.253 e. The normalized spacial score (nSPS) is 14.7. The summed E-state index contributed by atoms with van der Waals surface area (Å²) in [5, 5.41) is 12.5. The van der Waals surface area contributed by atoms with Crippen LogP contribution in [-0.4, -0.2) is 54.1 Å². The Morgan fingerprint density at radius 2 is 2.08 bits per heavy atom. The van der Waals surface area contributed by atoms with Crippen LogP contribution < -0.4 is 4.72 Å². The highest BCUT2D eigenvalue weighted by Crippen LogP contribution is 2.16. The number of benzene rings is 1. The molecule has 1 fully saturated rings. The molecule has 1 saturated heterocycles. The summed E-state index contributed by atoms with van der Waals surface area (Å²) in [6.45, 7) is 1.11. The molecule has 2 heterocycles. The number of amides is 1. The van der Waals surface area contributed by atoms with E-state index in [-0.39, 0.29) is 36.3 Å². The second-order valence-corrected chi connectivity index (χ2v) is 7.70. The summed E-state index contributed by atoms with van der Waals surface area (Å²) in [5.74, 6) is 0.230. The first-order chi connectivity index (χ1) is 12.5. The number of hydrogen-bond acceptors (Lipinski definition) is 7. The number of hydrogen-bond donors (Lipinski definition) is 2. The maximum atomic E-state index is 12.4. The zero-order valence-electron chi connectivity index (χ0n) is 14.1. The van der Waals surface area contributed by atoms with Crippen LogP contribution in [0.5, 0.6) is 0 Å². The lowest BCUT2D eigenvalue weighted by Gasteiger charge is -2.15. The number of nitrogens with one attached hydrogen (secondary N) is 1. The molecule has 0 spiro atoms. The minimum atomic E-state index is -3.77. The van der Waals surface area contributed by atoms with Crippen molar-refractivity contribution in [3.63, 3.8) is 0 Å². The van der Waals surface area contributed by atoms with Crippen molar-refractivity contribution in [3.05, 3.63) is 41.5 Å². The van der Waals surface area contributed by atoms with E-state index in [9.17, 15) is 13.2 Å². The lowest BCUT2D eigenvalue weighted by molar-refractivity contribution is 0.0792. The molecule has 1 aliphatic heterocycles. The first-order valence-corrected chi connectivity index (χ1v) is 9.79. The summed E-state index contributed by atoms with van der Waals surface area (Å²) in [5.41, 5.74) is 0.362. The summed E-state index contributed by atoms with van der Waals surface area (Å²) in [7, 11) is -3.77. The average molecular weight is 380 g/mol. The van der Waals surface area contributed by atoms with Crippen LogP contribution in [0.2, 0.25) is 0 Å². The summed E-state index contributed by atoms with van der Waals surface area (Å²) in [6.07, 6.45) is 2.16. The maximum absolute atomic E-state index is 12.4. The fourth-order valence-corrected chi connectivity index (χ4v) is 3.81. The van der Waals surface area contributed by atoms with Gasteiger partial charge in [0.25, 0.3) is 11.8 Å². The van der Waals surface area contributed by atoms with E-state index in [2.05, 4.69) is 14.9 Å². The van der Waals surface area contributed by atoms with Gasteiger partial charge in [0.15, 0.2) is 5.82 Å². The van der Waals surface area contributed by atoms with Crippen LogP contribution in [-0.2, 0) is 23.1 Å². The van der Waals surface area contributed by atoms with Gasteiger partial charge in [0.2, 0.25) is 10.0 Å². The van der Waals surface area contributed by atoms with Crippen molar-refractivity contribution in [2.45, 2.75) is 30.8 Å². The molecule has 0 radical (unpaired) electrons. The molecule has 2 N–H and O–H groups in total. The zero-order chi connectivity index (χ0) is 18.6. The van der Waals surface area contributed by atoms with Gasteiger partial charge in [0.1, 0.15) is 6.61 Å². The van der Waals surface area contributed by atoms with Gasteiger partial charge in [0, 0.05) is 31.6 Å². The van der Waals surface area contributed by atoms with Crippen molar-refractivity contribution < 1.29 is 22.8 Å². The smallest absolute Gasteiger partial charge is 0.253 e. The Morgan fingerprint density at radius 1 is 1.31 bits per heavy atom. The Balaban J connectivity index is 1.64. The molecule has 0 unspecified atom stereocenters. The number of nitrogens with zero attached hydrogens (tertiary/aromatic N) is 3. The SMILES string of the molecule is O=C(c1cccc(S(=O)(=O)NCCc2noc(CO)n2)c1)N1CCCC1. The lowest BCUT2D eigenvalue weighted by Crippen LogP contribution is -2.29. The van der Waals surface area contributed by atoms with Gasteiger partial charge in [-0.05, 0) is 31.0 Å². The Morgan fingerprint density at radius 3 is 2.77 bits per heavy atom.